The largest absolute Gasteiger partial charge is 0.338 e. The molecule has 0 spiro atoms. The summed E-state index contributed by atoms with van der Waals surface area (Å²) in [5.41, 5.74) is 1.36. The van der Waals surface area contributed by atoms with E-state index in [1.54, 1.807) is 0 Å². The predicted octanol–water partition coefficient (Wildman–Crippen LogP) is 3.48. The fraction of sp³-hybridized carbons (Fsp3) is 0.429. The maximum absolute atomic E-state index is 5.22. The van der Waals surface area contributed by atoms with Gasteiger partial charge in [0.1, 0.15) is 0 Å². The van der Waals surface area contributed by atoms with Gasteiger partial charge in [-0.25, -0.2) is 0 Å². The molecule has 1 aromatic heterocycles. The molecule has 0 radical (unpaired) electrons. The molecule has 1 atom stereocenters. The summed E-state index contributed by atoms with van der Waals surface area (Å²) in [6.45, 7) is 3.67. The second-order valence-electron chi connectivity index (χ2n) is 4.92. The molecular formula is C14H16BrN3O. The van der Waals surface area contributed by atoms with E-state index in [0.717, 1.165) is 17.6 Å². The summed E-state index contributed by atoms with van der Waals surface area (Å²) < 4.78 is 6.34. The maximum Gasteiger partial charge on any atom is 0.240 e. The Morgan fingerprint density at radius 3 is 2.84 bits per heavy atom. The van der Waals surface area contributed by atoms with Gasteiger partial charge in [0.2, 0.25) is 5.89 Å². The van der Waals surface area contributed by atoms with Gasteiger partial charge >= 0.3 is 0 Å². The lowest BCUT2D eigenvalue weighted by Crippen LogP contribution is -2.22. The van der Waals surface area contributed by atoms with Gasteiger partial charge in [-0.15, -0.1) is 0 Å². The van der Waals surface area contributed by atoms with Crippen LogP contribution in [0.4, 0.5) is 0 Å². The molecule has 1 fully saturated rings. The monoisotopic (exact) mass is 321 g/mol. The molecule has 0 N–H and O–H groups in total. The highest BCUT2D eigenvalue weighted by Gasteiger charge is 2.27. The quantitative estimate of drug-likeness (QED) is 0.868. The van der Waals surface area contributed by atoms with E-state index in [1.165, 1.54) is 18.4 Å². The Bertz CT molecular complexity index is 552. The van der Waals surface area contributed by atoms with Gasteiger partial charge in [0, 0.05) is 10.5 Å². The first kappa shape index (κ1) is 12.8. The average molecular weight is 322 g/mol. The molecule has 0 amide bonds. The highest BCUT2D eigenvalue weighted by molar-refractivity contribution is 9.10. The van der Waals surface area contributed by atoms with E-state index in [1.807, 2.05) is 6.92 Å². The van der Waals surface area contributed by atoms with E-state index < -0.39 is 0 Å². The van der Waals surface area contributed by atoms with Crippen molar-refractivity contribution < 1.29 is 4.52 Å². The van der Waals surface area contributed by atoms with Crippen molar-refractivity contribution in [2.45, 2.75) is 32.4 Å². The molecule has 1 saturated heterocycles. The van der Waals surface area contributed by atoms with E-state index in [-0.39, 0.29) is 0 Å². The maximum atomic E-state index is 5.22. The van der Waals surface area contributed by atoms with Crippen molar-refractivity contribution in [2.75, 3.05) is 6.54 Å². The number of hydrogen-bond acceptors (Lipinski definition) is 4. The van der Waals surface area contributed by atoms with Crippen LogP contribution < -0.4 is 0 Å². The molecule has 19 heavy (non-hydrogen) atoms. The molecule has 2 aromatic rings. The summed E-state index contributed by atoms with van der Waals surface area (Å²) in [5, 5.41) is 3.85. The van der Waals surface area contributed by atoms with E-state index in [2.05, 4.69) is 55.2 Å². The van der Waals surface area contributed by atoms with E-state index in [9.17, 15) is 0 Å². The van der Waals surface area contributed by atoms with Crippen molar-refractivity contribution in [3.63, 3.8) is 0 Å². The van der Waals surface area contributed by atoms with Crippen molar-refractivity contribution in [3.8, 4) is 0 Å². The Balaban J connectivity index is 1.76. The molecule has 100 valence electrons. The number of aryl methyl sites for hydroxylation is 1. The summed E-state index contributed by atoms with van der Waals surface area (Å²) in [5.74, 6) is 1.41. The zero-order valence-electron chi connectivity index (χ0n) is 10.8. The number of hydrogen-bond donors (Lipinski definition) is 0. The molecule has 0 unspecified atom stereocenters. The van der Waals surface area contributed by atoms with Gasteiger partial charge in [-0.2, -0.15) is 4.98 Å². The molecule has 0 bridgehead atoms. The third-order valence-electron chi connectivity index (χ3n) is 3.53. The van der Waals surface area contributed by atoms with Gasteiger partial charge in [-0.3, -0.25) is 4.90 Å². The highest BCUT2D eigenvalue weighted by Crippen LogP contribution is 2.33. The SMILES string of the molecule is Cc1noc(CN2CCC[C@H]2c2ccc(Br)cc2)n1. The second-order valence-corrected chi connectivity index (χ2v) is 5.83. The lowest BCUT2D eigenvalue weighted by atomic mass is 10.0. The standard InChI is InChI=1S/C14H16BrN3O/c1-10-16-14(19-17-10)9-18-8-2-3-13(18)11-4-6-12(15)7-5-11/h4-7,13H,2-3,8-9H2,1H3/t13-/m0/s1. The van der Waals surface area contributed by atoms with Crippen LogP contribution in [0.3, 0.4) is 0 Å². The minimum atomic E-state index is 0.459. The Morgan fingerprint density at radius 1 is 1.37 bits per heavy atom. The Labute approximate surface area is 120 Å². The van der Waals surface area contributed by atoms with E-state index in [0.29, 0.717) is 17.8 Å². The van der Waals surface area contributed by atoms with Gasteiger partial charge in [0.15, 0.2) is 5.82 Å². The van der Waals surface area contributed by atoms with Crippen LogP contribution in [0.15, 0.2) is 33.3 Å². The minimum absolute atomic E-state index is 0.459. The summed E-state index contributed by atoms with van der Waals surface area (Å²) in [7, 11) is 0. The molecule has 0 saturated carbocycles. The van der Waals surface area contributed by atoms with Crippen molar-refractivity contribution in [2.24, 2.45) is 0 Å². The van der Waals surface area contributed by atoms with Crippen molar-refractivity contribution in [1.29, 1.82) is 0 Å². The number of likely N-dealkylation sites (tertiary alicyclic amines) is 1. The fourth-order valence-corrected chi connectivity index (χ4v) is 2.92. The number of aromatic nitrogens is 2. The normalized spacial score (nSPS) is 20.0. The van der Waals surface area contributed by atoms with Gasteiger partial charge in [0.25, 0.3) is 0 Å². The van der Waals surface area contributed by atoms with Gasteiger partial charge < -0.3 is 4.52 Å². The lowest BCUT2D eigenvalue weighted by Gasteiger charge is -2.23. The van der Waals surface area contributed by atoms with Gasteiger partial charge in [-0.1, -0.05) is 33.2 Å². The molecular weight excluding hydrogens is 306 g/mol. The second kappa shape index (κ2) is 5.43. The summed E-state index contributed by atoms with van der Waals surface area (Å²) in [4.78, 5) is 6.70. The molecule has 1 aliphatic rings. The van der Waals surface area contributed by atoms with Gasteiger partial charge in [0.05, 0.1) is 6.54 Å². The molecule has 1 aliphatic heterocycles. The van der Waals surface area contributed by atoms with Crippen LogP contribution in [-0.4, -0.2) is 21.6 Å². The Hall–Kier alpha value is -1.20. The van der Waals surface area contributed by atoms with Crippen molar-refractivity contribution >= 4 is 15.9 Å². The van der Waals surface area contributed by atoms with E-state index in [4.69, 9.17) is 4.52 Å². The lowest BCUT2D eigenvalue weighted by molar-refractivity contribution is 0.212. The first-order valence-electron chi connectivity index (χ1n) is 6.51. The number of benzene rings is 1. The highest BCUT2D eigenvalue weighted by atomic mass is 79.9. The van der Waals surface area contributed by atoms with Crippen molar-refractivity contribution in [3.05, 3.63) is 46.0 Å². The number of rotatable bonds is 3. The topological polar surface area (TPSA) is 42.2 Å². The molecule has 0 aliphatic carbocycles. The average Bonchev–Trinajstić information content (AvgIpc) is 3.00. The number of nitrogens with zero attached hydrogens (tertiary/aromatic N) is 3. The molecule has 2 heterocycles. The summed E-state index contributed by atoms with van der Waals surface area (Å²) in [6, 6.07) is 9.03. The molecule has 3 rings (SSSR count). The van der Waals surface area contributed by atoms with Crippen LogP contribution in [0.5, 0.6) is 0 Å². The zero-order chi connectivity index (χ0) is 13.2. The Kier molecular flexibility index (Phi) is 3.66. The third kappa shape index (κ3) is 2.87. The predicted molar refractivity (Wildman–Crippen MR) is 75.6 cm³/mol. The first-order chi connectivity index (χ1) is 9.22. The Morgan fingerprint density at radius 2 is 2.16 bits per heavy atom. The molecule has 1 aromatic carbocycles. The van der Waals surface area contributed by atoms with Crippen LogP contribution in [0.1, 0.15) is 36.2 Å². The summed E-state index contributed by atoms with van der Waals surface area (Å²) in [6.07, 6.45) is 2.41. The van der Waals surface area contributed by atoms with Crippen LogP contribution in [0, 0.1) is 6.92 Å². The minimum Gasteiger partial charge on any atom is -0.338 e. The smallest absolute Gasteiger partial charge is 0.240 e. The van der Waals surface area contributed by atoms with Crippen LogP contribution in [0.25, 0.3) is 0 Å². The van der Waals surface area contributed by atoms with E-state index >= 15 is 0 Å². The van der Waals surface area contributed by atoms with Crippen molar-refractivity contribution in [1.82, 2.24) is 15.0 Å². The fourth-order valence-electron chi connectivity index (χ4n) is 2.66. The first-order valence-corrected chi connectivity index (χ1v) is 7.30. The zero-order valence-corrected chi connectivity index (χ0v) is 12.4. The van der Waals surface area contributed by atoms with Gasteiger partial charge in [-0.05, 0) is 44.0 Å². The molecule has 4 nitrogen and oxygen atoms in total. The number of halogens is 1. The van der Waals surface area contributed by atoms with Crippen LogP contribution in [-0.2, 0) is 6.54 Å². The van der Waals surface area contributed by atoms with Crippen LogP contribution >= 0.6 is 15.9 Å². The van der Waals surface area contributed by atoms with Crippen LogP contribution in [0.2, 0.25) is 0 Å². The summed E-state index contributed by atoms with van der Waals surface area (Å²) >= 11 is 3.48. The molecule has 5 heteroatoms. The third-order valence-corrected chi connectivity index (χ3v) is 4.06.